The standard InChI is InChI=1S/C50H86O6/c1-4-7-10-13-16-19-21-23-24-25-26-27-29-31-34-37-40-43-49(52)55-46-47(45-54-48(51)42-39-36-33-30-18-15-12-9-6-3)56-50(53)44-41-38-35-32-28-22-20-17-14-11-8-5-2/h9,12,18,23-24,26-27,30-31,34,47H,4-8,10-11,13-17,19-22,25,28-29,32-33,35-46H2,1-3H3/b12-9-,24-23-,27-26-,30-18-,34-31-. The fraction of sp³-hybridized carbons (Fsp3) is 0.740. The molecule has 0 aliphatic carbocycles. The van der Waals surface area contributed by atoms with Crippen molar-refractivity contribution >= 4 is 17.9 Å². The van der Waals surface area contributed by atoms with Gasteiger partial charge in [0.25, 0.3) is 0 Å². The summed E-state index contributed by atoms with van der Waals surface area (Å²) in [6.07, 6.45) is 53.6. The maximum atomic E-state index is 12.7. The summed E-state index contributed by atoms with van der Waals surface area (Å²) in [7, 11) is 0. The third-order valence-corrected chi connectivity index (χ3v) is 9.76. The summed E-state index contributed by atoms with van der Waals surface area (Å²) in [5.41, 5.74) is 0. The number of hydrogen-bond acceptors (Lipinski definition) is 6. The van der Waals surface area contributed by atoms with Crippen molar-refractivity contribution in [1.82, 2.24) is 0 Å². The number of hydrogen-bond donors (Lipinski definition) is 0. The number of rotatable bonds is 41. The van der Waals surface area contributed by atoms with Gasteiger partial charge in [-0.25, -0.2) is 0 Å². The topological polar surface area (TPSA) is 78.9 Å². The molecule has 0 N–H and O–H groups in total. The van der Waals surface area contributed by atoms with Crippen LogP contribution in [0.4, 0.5) is 0 Å². The minimum atomic E-state index is -0.802. The second kappa shape index (κ2) is 44.8. The Morgan fingerprint density at radius 2 is 0.714 bits per heavy atom. The number of carbonyl (C=O) groups excluding carboxylic acids is 3. The van der Waals surface area contributed by atoms with Crippen LogP contribution >= 0.6 is 0 Å². The van der Waals surface area contributed by atoms with Crippen LogP contribution in [0, 0.1) is 0 Å². The monoisotopic (exact) mass is 783 g/mol. The first-order chi connectivity index (χ1) is 27.5. The van der Waals surface area contributed by atoms with Crippen LogP contribution in [0.3, 0.4) is 0 Å². The molecule has 1 atom stereocenters. The lowest BCUT2D eigenvalue weighted by molar-refractivity contribution is -0.167. The smallest absolute Gasteiger partial charge is 0.306 e. The van der Waals surface area contributed by atoms with Crippen LogP contribution in [-0.4, -0.2) is 37.2 Å². The van der Waals surface area contributed by atoms with Crippen LogP contribution in [0.25, 0.3) is 0 Å². The second-order valence-electron chi connectivity index (χ2n) is 15.3. The predicted molar refractivity (Wildman–Crippen MR) is 238 cm³/mol. The molecule has 56 heavy (non-hydrogen) atoms. The van der Waals surface area contributed by atoms with Gasteiger partial charge in [0.15, 0.2) is 6.10 Å². The zero-order valence-corrected chi connectivity index (χ0v) is 36.6. The van der Waals surface area contributed by atoms with Crippen LogP contribution in [0.5, 0.6) is 0 Å². The lowest BCUT2D eigenvalue weighted by Gasteiger charge is -2.18. The quantitative estimate of drug-likeness (QED) is 0.0266. The summed E-state index contributed by atoms with van der Waals surface area (Å²) < 4.78 is 16.6. The summed E-state index contributed by atoms with van der Waals surface area (Å²) >= 11 is 0. The van der Waals surface area contributed by atoms with Gasteiger partial charge >= 0.3 is 17.9 Å². The van der Waals surface area contributed by atoms with E-state index in [4.69, 9.17) is 14.2 Å². The summed E-state index contributed by atoms with van der Waals surface area (Å²) in [6.45, 7) is 6.42. The molecule has 0 spiro atoms. The molecule has 0 aromatic carbocycles. The molecular weight excluding hydrogens is 697 g/mol. The lowest BCUT2D eigenvalue weighted by atomic mass is 10.0. The Kier molecular flexibility index (Phi) is 42.5. The second-order valence-corrected chi connectivity index (χ2v) is 15.3. The van der Waals surface area contributed by atoms with E-state index in [1.807, 2.05) is 0 Å². The lowest BCUT2D eigenvalue weighted by Crippen LogP contribution is -2.30. The highest BCUT2D eigenvalue weighted by atomic mass is 16.6. The average molecular weight is 783 g/mol. The van der Waals surface area contributed by atoms with Crippen molar-refractivity contribution in [2.45, 2.75) is 226 Å². The summed E-state index contributed by atoms with van der Waals surface area (Å²) in [5.74, 6) is -0.995. The van der Waals surface area contributed by atoms with E-state index in [2.05, 4.69) is 81.5 Å². The van der Waals surface area contributed by atoms with Crippen molar-refractivity contribution < 1.29 is 28.6 Å². The number of unbranched alkanes of at least 4 members (excludes halogenated alkanes) is 20. The molecule has 0 amide bonds. The van der Waals surface area contributed by atoms with Crippen LogP contribution in [0.1, 0.15) is 220 Å². The minimum Gasteiger partial charge on any atom is -0.462 e. The Labute approximate surface area is 345 Å². The molecule has 322 valence electrons. The molecule has 0 saturated carbocycles. The molecular formula is C50H86O6. The van der Waals surface area contributed by atoms with Crippen molar-refractivity contribution in [1.29, 1.82) is 0 Å². The van der Waals surface area contributed by atoms with Crippen molar-refractivity contribution in [2.75, 3.05) is 13.2 Å². The Balaban J connectivity index is 4.44. The highest BCUT2D eigenvalue weighted by Gasteiger charge is 2.19. The first-order valence-corrected chi connectivity index (χ1v) is 23.3. The average Bonchev–Trinajstić information content (AvgIpc) is 3.19. The maximum absolute atomic E-state index is 12.7. The highest BCUT2D eigenvalue weighted by molar-refractivity contribution is 5.71. The summed E-state index contributed by atoms with van der Waals surface area (Å²) in [4.78, 5) is 37.7. The van der Waals surface area contributed by atoms with Gasteiger partial charge in [-0.2, -0.15) is 0 Å². The molecule has 0 heterocycles. The van der Waals surface area contributed by atoms with Crippen LogP contribution in [-0.2, 0) is 28.6 Å². The van der Waals surface area contributed by atoms with Gasteiger partial charge in [-0.3, -0.25) is 14.4 Å². The summed E-state index contributed by atoms with van der Waals surface area (Å²) in [6, 6.07) is 0. The van der Waals surface area contributed by atoms with E-state index in [1.165, 1.54) is 103 Å². The van der Waals surface area contributed by atoms with E-state index >= 15 is 0 Å². The SMILES string of the molecule is CC/C=C\C/C=C\CCCCC(=O)OCC(COC(=O)CCC/C=C\C/C=C\C/C=C\CCCCCCCC)OC(=O)CCCCCCCCCCCCCC. The fourth-order valence-corrected chi connectivity index (χ4v) is 6.26. The molecule has 0 fully saturated rings. The van der Waals surface area contributed by atoms with E-state index in [-0.39, 0.29) is 37.5 Å². The van der Waals surface area contributed by atoms with E-state index in [0.717, 1.165) is 70.6 Å². The molecule has 1 unspecified atom stereocenters. The van der Waals surface area contributed by atoms with Crippen molar-refractivity contribution in [3.8, 4) is 0 Å². The van der Waals surface area contributed by atoms with E-state index < -0.39 is 6.10 Å². The van der Waals surface area contributed by atoms with Gasteiger partial charge in [-0.1, -0.05) is 184 Å². The first-order valence-electron chi connectivity index (χ1n) is 23.3. The van der Waals surface area contributed by atoms with Crippen molar-refractivity contribution in [2.24, 2.45) is 0 Å². The fourth-order valence-electron chi connectivity index (χ4n) is 6.26. The number of ether oxygens (including phenoxy) is 3. The van der Waals surface area contributed by atoms with Gasteiger partial charge in [-0.05, 0) is 77.0 Å². The van der Waals surface area contributed by atoms with Crippen molar-refractivity contribution in [3.05, 3.63) is 60.8 Å². The zero-order chi connectivity index (χ0) is 40.8. The molecule has 0 bridgehead atoms. The normalized spacial score (nSPS) is 12.6. The van der Waals surface area contributed by atoms with E-state index in [1.54, 1.807) is 0 Å². The Morgan fingerprint density at radius 3 is 1.20 bits per heavy atom. The Hall–Kier alpha value is -2.89. The Morgan fingerprint density at radius 1 is 0.375 bits per heavy atom. The van der Waals surface area contributed by atoms with Gasteiger partial charge in [0.05, 0.1) is 0 Å². The largest absolute Gasteiger partial charge is 0.462 e. The Bertz CT molecular complexity index is 1040. The van der Waals surface area contributed by atoms with Crippen LogP contribution in [0.15, 0.2) is 60.8 Å². The third kappa shape index (κ3) is 42.3. The van der Waals surface area contributed by atoms with E-state index in [9.17, 15) is 14.4 Å². The molecule has 0 aliphatic rings. The molecule has 0 radical (unpaired) electrons. The minimum absolute atomic E-state index is 0.106. The highest BCUT2D eigenvalue weighted by Crippen LogP contribution is 2.14. The molecule has 6 nitrogen and oxygen atoms in total. The molecule has 0 aromatic heterocycles. The molecule has 6 heteroatoms. The van der Waals surface area contributed by atoms with Gasteiger partial charge in [0.2, 0.25) is 0 Å². The molecule has 0 rings (SSSR count). The number of allylic oxidation sites excluding steroid dienone is 10. The molecule has 0 aliphatic heterocycles. The summed E-state index contributed by atoms with van der Waals surface area (Å²) in [5, 5.41) is 0. The maximum Gasteiger partial charge on any atom is 0.306 e. The molecule has 0 saturated heterocycles. The van der Waals surface area contributed by atoms with Gasteiger partial charge in [0, 0.05) is 19.3 Å². The van der Waals surface area contributed by atoms with Gasteiger partial charge in [-0.15, -0.1) is 0 Å². The van der Waals surface area contributed by atoms with E-state index in [0.29, 0.717) is 19.3 Å². The van der Waals surface area contributed by atoms with Crippen molar-refractivity contribution in [3.63, 3.8) is 0 Å². The zero-order valence-electron chi connectivity index (χ0n) is 36.6. The first kappa shape index (κ1) is 53.1. The predicted octanol–water partition coefficient (Wildman–Crippen LogP) is 14.9. The van der Waals surface area contributed by atoms with Crippen LogP contribution in [0.2, 0.25) is 0 Å². The number of carbonyl (C=O) groups is 3. The third-order valence-electron chi connectivity index (χ3n) is 9.76. The van der Waals surface area contributed by atoms with Crippen LogP contribution < -0.4 is 0 Å². The van der Waals surface area contributed by atoms with Gasteiger partial charge in [0.1, 0.15) is 13.2 Å². The van der Waals surface area contributed by atoms with Gasteiger partial charge < -0.3 is 14.2 Å². The molecule has 0 aromatic rings. The number of esters is 3.